The molecule has 0 bridgehead atoms. The van der Waals surface area contributed by atoms with Gasteiger partial charge >= 0.3 is 0 Å². The molecule has 120 valence electrons. The van der Waals surface area contributed by atoms with Crippen LogP contribution in [0.15, 0.2) is 0 Å². The smallest absolute Gasteiger partial charge is 0.0599 e. The third-order valence-corrected chi connectivity index (χ3v) is 8.55. The molecule has 2 N–H and O–H groups in total. The van der Waals surface area contributed by atoms with Gasteiger partial charge in [0.1, 0.15) is 0 Å². The predicted molar refractivity (Wildman–Crippen MR) is 83.7 cm³/mol. The van der Waals surface area contributed by atoms with Crippen molar-refractivity contribution in [1.82, 2.24) is 0 Å². The molecule has 0 radical (unpaired) electrons. The summed E-state index contributed by atoms with van der Waals surface area (Å²) in [4.78, 5) is 0. The lowest BCUT2D eigenvalue weighted by Gasteiger charge is -2.61. The Labute approximate surface area is 129 Å². The van der Waals surface area contributed by atoms with E-state index in [2.05, 4.69) is 13.8 Å². The topological polar surface area (TPSA) is 40.5 Å². The van der Waals surface area contributed by atoms with Crippen molar-refractivity contribution in [2.45, 2.75) is 83.8 Å². The van der Waals surface area contributed by atoms with Crippen molar-refractivity contribution < 1.29 is 10.2 Å². The third-order valence-electron chi connectivity index (χ3n) is 8.55. The molecule has 4 rings (SSSR count). The van der Waals surface area contributed by atoms with Crippen molar-refractivity contribution in [3.63, 3.8) is 0 Å². The number of hydrogen-bond acceptors (Lipinski definition) is 2. The second-order valence-electron chi connectivity index (χ2n) is 9.23. The molecule has 0 aromatic heterocycles. The zero-order valence-corrected chi connectivity index (χ0v) is 13.7. The summed E-state index contributed by atoms with van der Waals surface area (Å²) in [6, 6.07) is 0. The first-order valence-electron chi connectivity index (χ1n) is 9.31. The van der Waals surface area contributed by atoms with Crippen molar-refractivity contribution >= 4 is 0 Å². The molecular weight excluding hydrogens is 260 g/mol. The molecule has 0 aliphatic heterocycles. The molecule has 4 aliphatic carbocycles. The molecule has 0 amide bonds. The number of aliphatic hydroxyl groups is 2. The zero-order valence-electron chi connectivity index (χ0n) is 13.7. The molecule has 2 nitrogen and oxygen atoms in total. The van der Waals surface area contributed by atoms with Gasteiger partial charge < -0.3 is 10.2 Å². The summed E-state index contributed by atoms with van der Waals surface area (Å²) in [6.07, 6.45) is 10.6. The number of hydrogen-bond donors (Lipinski definition) is 2. The summed E-state index contributed by atoms with van der Waals surface area (Å²) in [5.41, 5.74) is 0.589. The fourth-order valence-corrected chi connectivity index (χ4v) is 7.19. The predicted octanol–water partition coefficient (Wildman–Crippen LogP) is 3.75. The molecule has 0 unspecified atom stereocenters. The first-order chi connectivity index (χ1) is 9.95. The van der Waals surface area contributed by atoms with Crippen LogP contribution in [0.2, 0.25) is 0 Å². The SMILES string of the molecule is C[C@]12CC[C@@H](O)C[C@H]1CC[C@@H]1[C@@H]2C[C@H](O)[C@]2(C)CCC[C@@H]12. The summed E-state index contributed by atoms with van der Waals surface area (Å²) >= 11 is 0. The molecule has 2 heteroatoms. The van der Waals surface area contributed by atoms with Crippen LogP contribution in [0.5, 0.6) is 0 Å². The molecule has 4 aliphatic rings. The van der Waals surface area contributed by atoms with Gasteiger partial charge in [0.25, 0.3) is 0 Å². The Morgan fingerprint density at radius 3 is 2.43 bits per heavy atom. The van der Waals surface area contributed by atoms with E-state index in [0.717, 1.165) is 31.1 Å². The lowest BCUT2D eigenvalue weighted by atomic mass is 9.44. The summed E-state index contributed by atoms with van der Waals surface area (Å²) in [6.45, 7) is 4.86. The van der Waals surface area contributed by atoms with Gasteiger partial charge in [-0.05, 0) is 85.9 Å². The van der Waals surface area contributed by atoms with E-state index in [1.807, 2.05) is 0 Å². The van der Waals surface area contributed by atoms with Crippen LogP contribution in [0.1, 0.15) is 71.6 Å². The number of fused-ring (bicyclic) bond motifs is 5. The fourth-order valence-electron chi connectivity index (χ4n) is 7.19. The maximum absolute atomic E-state index is 10.9. The van der Waals surface area contributed by atoms with Gasteiger partial charge in [0.15, 0.2) is 0 Å². The standard InChI is InChI=1S/C19H32O2/c1-18-9-7-13(20)10-12(18)5-6-14-15-4-3-8-19(15,2)17(21)11-16(14)18/h12-17,20-21H,3-11H2,1-2H3/t12-,13-,14+,15+,16+,17+,18+,19-/m1/s1. The van der Waals surface area contributed by atoms with E-state index in [1.165, 1.54) is 38.5 Å². The monoisotopic (exact) mass is 292 g/mol. The van der Waals surface area contributed by atoms with Crippen LogP contribution in [0, 0.1) is 34.5 Å². The maximum atomic E-state index is 10.9. The average Bonchev–Trinajstić information content (AvgIpc) is 2.85. The Balaban J connectivity index is 1.66. The molecule has 4 fully saturated rings. The minimum Gasteiger partial charge on any atom is -0.393 e. The summed E-state index contributed by atoms with van der Waals surface area (Å²) in [5.74, 6) is 3.00. The van der Waals surface area contributed by atoms with Crippen LogP contribution in [-0.2, 0) is 0 Å². The van der Waals surface area contributed by atoms with Crippen molar-refractivity contribution in [3.8, 4) is 0 Å². The van der Waals surface area contributed by atoms with E-state index in [1.54, 1.807) is 0 Å². The Kier molecular flexibility index (Phi) is 3.25. The molecule has 0 saturated heterocycles. The number of aliphatic hydroxyl groups excluding tert-OH is 2. The Bertz CT molecular complexity index is 422. The maximum Gasteiger partial charge on any atom is 0.0599 e. The van der Waals surface area contributed by atoms with E-state index < -0.39 is 0 Å². The van der Waals surface area contributed by atoms with Gasteiger partial charge in [0, 0.05) is 0 Å². The molecule has 0 heterocycles. The van der Waals surface area contributed by atoms with Gasteiger partial charge in [-0.2, -0.15) is 0 Å². The lowest BCUT2D eigenvalue weighted by Crippen LogP contribution is -2.57. The second kappa shape index (κ2) is 4.71. The Morgan fingerprint density at radius 2 is 1.62 bits per heavy atom. The number of rotatable bonds is 0. The van der Waals surface area contributed by atoms with Gasteiger partial charge in [-0.25, -0.2) is 0 Å². The first kappa shape index (κ1) is 14.5. The van der Waals surface area contributed by atoms with Crippen LogP contribution in [0.4, 0.5) is 0 Å². The highest BCUT2D eigenvalue weighted by atomic mass is 16.3. The summed E-state index contributed by atoms with van der Waals surface area (Å²) in [5, 5.41) is 20.9. The van der Waals surface area contributed by atoms with Gasteiger partial charge in [-0.15, -0.1) is 0 Å². The van der Waals surface area contributed by atoms with Crippen molar-refractivity contribution in [2.75, 3.05) is 0 Å². The quantitative estimate of drug-likeness (QED) is 0.714. The minimum atomic E-state index is -0.0892. The second-order valence-corrected chi connectivity index (χ2v) is 9.23. The molecule has 0 spiro atoms. The highest BCUT2D eigenvalue weighted by molar-refractivity contribution is 5.09. The average molecular weight is 292 g/mol. The van der Waals surface area contributed by atoms with Gasteiger partial charge in [0.05, 0.1) is 12.2 Å². The van der Waals surface area contributed by atoms with Gasteiger partial charge in [-0.1, -0.05) is 20.3 Å². The van der Waals surface area contributed by atoms with Crippen LogP contribution in [0.3, 0.4) is 0 Å². The summed E-state index contributed by atoms with van der Waals surface area (Å²) in [7, 11) is 0. The van der Waals surface area contributed by atoms with E-state index in [9.17, 15) is 10.2 Å². The van der Waals surface area contributed by atoms with Gasteiger partial charge in [-0.3, -0.25) is 0 Å². The van der Waals surface area contributed by atoms with Crippen LogP contribution in [0.25, 0.3) is 0 Å². The van der Waals surface area contributed by atoms with Crippen LogP contribution >= 0.6 is 0 Å². The van der Waals surface area contributed by atoms with Crippen molar-refractivity contribution in [3.05, 3.63) is 0 Å². The normalized spacial score (nSPS) is 60.0. The lowest BCUT2D eigenvalue weighted by molar-refractivity contribution is -0.161. The molecule has 4 saturated carbocycles. The Morgan fingerprint density at radius 1 is 0.810 bits per heavy atom. The van der Waals surface area contributed by atoms with Crippen LogP contribution in [-0.4, -0.2) is 22.4 Å². The molecule has 8 atom stereocenters. The fraction of sp³-hybridized carbons (Fsp3) is 1.00. The van der Waals surface area contributed by atoms with Crippen molar-refractivity contribution in [2.24, 2.45) is 34.5 Å². The minimum absolute atomic E-state index is 0.0649. The van der Waals surface area contributed by atoms with Gasteiger partial charge in [0.2, 0.25) is 0 Å². The van der Waals surface area contributed by atoms with Crippen molar-refractivity contribution in [1.29, 1.82) is 0 Å². The molecule has 0 aromatic carbocycles. The summed E-state index contributed by atoms with van der Waals surface area (Å²) < 4.78 is 0. The highest BCUT2D eigenvalue weighted by Gasteiger charge is 2.60. The van der Waals surface area contributed by atoms with E-state index in [4.69, 9.17) is 0 Å². The van der Waals surface area contributed by atoms with E-state index in [-0.39, 0.29) is 17.6 Å². The molecule has 21 heavy (non-hydrogen) atoms. The third kappa shape index (κ3) is 1.91. The van der Waals surface area contributed by atoms with E-state index >= 15 is 0 Å². The molecule has 0 aromatic rings. The highest BCUT2D eigenvalue weighted by Crippen LogP contribution is 2.66. The van der Waals surface area contributed by atoms with E-state index in [0.29, 0.717) is 17.3 Å². The van der Waals surface area contributed by atoms with Crippen LogP contribution < -0.4 is 0 Å². The Hall–Kier alpha value is -0.0800. The largest absolute Gasteiger partial charge is 0.393 e. The first-order valence-corrected chi connectivity index (χ1v) is 9.31. The molecular formula is C19H32O2. The zero-order chi connectivity index (χ0) is 14.8.